The van der Waals surface area contributed by atoms with Gasteiger partial charge in [0.05, 0.1) is 7.11 Å². The molecule has 0 saturated heterocycles. The van der Waals surface area contributed by atoms with E-state index in [1.807, 2.05) is 0 Å². The molecule has 4 rings (SSSR count). The van der Waals surface area contributed by atoms with Crippen molar-refractivity contribution in [1.82, 2.24) is 0 Å². The summed E-state index contributed by atoms with van der Waals surface area (Å²) in [5, 5.41) is 0. The maximum absolute atomic E-state index is 15.1. The first kappa shape index (κ1) is 29.3. The van der Waals surface area contributed by atoms with Gasteiger partial charge in [0, 0.05) is 6.08 Å². The summed E-state index contributed by atoms with van der Waals surface area (Å²) < 4.78 is 95.8. The van der Waals surface area contributed by atoms with E-state index < -0.39 is 40.9 Å². The molecule has 8 heteroatoms. The molecule has 2 aliphatic rings. The van der Waals surface area contributed by atoms with Crippen molar-refractivity contribution in [2.24, 2.45) is 11.8 Å². The molecule has 2 nitrogen and oxygen atoms in total. The molecule has 0 spiro atoms. The van der Waals surface area contributed by atoms with E-state index in [0.29, 0.717) is 48.8 Å². The molecule has 2 saturated carbocycles. The van der Waals surface area contributed by atoms with Gasteiger partial charge < -0.3 is 9.47 Å². The van der Waals surface area contributed by atoms with Gasteiger partial charge in [-0.2, -0.15) is 17.6 Å². The highest BCUT2D eigenvalue weighted by Crippen LogP contribution is 2.42. The SMILES string of the molecule is CCCC1CCC(c2ccc(C3CCC(C=CC(F)(F)Oc4ccc(OC)c(F)c4F)CC3)c(F)c2F)CC1. The summed E-state index contributed by atoms with van der Waals surface area (Å²) in [6.45, 7) is 2.17. The fourth-order valence-corrected chi connectivity index (χ4v) is 6.18. The third kappa shape index (κ3) is 6.93. The van der Waals surface area contributed by atoms with E-state index >= 15 is 8.78 Å². The number of alkyl halides is 2. The number of allylic oxidation sites excluding steroid dienone is 1. The first-order chi connectivity index (χ1) is 18.6. The van der Waals surface area contributed by atoms with Crippen LogP contribution in [0.15, 0.2) is 36.4 Å². The lowest BCUT2D eigenvalue weighted by Gasteiger charge is -2.30. The van der Waals surface area contributed by atoms with E-state index in [2.05, 4.69) is 16.4 Å². The number of rotatable bonds is 9. The molecule has 39 heavy (non-hydrogen) atoms. The van der Waals surface area contributed by atoms with Crippen LogP contribution in [0.25, 0.3) is 0 Å². The molecule has 0 heterocycles. The quantitative estimate of drug-likeness (QED) is 0.227. The van der Waals surface area contributed by atoms with Gasteiger partial charge in [-0.3, -0.25) is 0 Å². The van der Waals surface area contributed by atoms with E-state index in [4.69, 9.17) is 0 Å². The van der Waals surface area contributed by atoms with Crippen molar-refractivity contribution >= 4 is 0 Å². The summed E-state index contributed by atoms with van der Waals surface area (Å²) in [5.74, 6) is -5.53. The average Bonchev–Trinajstić information content (AvgIpc) is 2.93. The molecule has 2 aromatic rings. The monoisotopic (exact) mass is 554 g/mol. The third-order valence-electron chi connectivity index (χ3n) is 8.38. The Morgan fingerprint density at radius 3 is 1.79 bits per heavy atom. The molecule has 0 radical (unpaired) electrons. The molecule has 0 unspecified atom stereocenters. The van der Waals surface area contributed by atoms with Crippen LogP contribution in [0, 0.1) is 35.1 Å². The van der Waals surface area contributed by atoms with Crippen molar-refractivity contribution in [3.63, 3.8) is 0 Å². The Hall–Kier alpha value is -2.64. The summed E-state index contributed by atoms with van der Waals surface area (Å²) >= 11 is 0. The highest BCUT2D eigenvalue weighted by molar-refractivity contribution is 5.35. The molecule has 0 amide bonds. The fraction of sp³-hybridized carbons (Fsp3) is 0.548. The Kier molecular flexibility index (Phi) is 9.55. The first-order valence-electron chi connectivity index (χ1n) is 13.9. The summed E-state index contributed by atoms with van der Waals surface area (Å²) in [6, 6.07) is 5.32. The zero-order chi connectivity index (χ0) is 28.2. The molecule has 0 bridgehead atoms. The minimum Gasteiger partial charge on any atom is -0.494 e. The highest BCUT2D eigenvalue weighted by atomic mass is 19.3. The van der Waals surface area contributed by atoms with Crippen LogP contribution in [0.4, 0.5) is 26.3 Å². The number of halogens is 6. The van der Waals surface area contributed by atoms with Gasteiger partial charge >= 0.3 is 6.11 Å². The van der Waals surface area contributed by atoms with Crippen LogP contribution in [0.5, 0.6) is 11.5 Å². The number of methoxy groups -OCH3 is 1. The first-order valence-corrected chi connectivity index (χ1v) is 13.9. The van der Waals surface area contributed by atoms with Crippen LogP contribution in [-0.2, 0) is 0 Å². The molecular weight excluding hydrogens is 518 g/mol. The van der Waals surface area contributed by atoms with Crippen LogP contribution < -0.4 is 9.47 Å². The van der Waals surface area contributed by atoms with Crippen LogP contribution in [0.2, 0.25) is 0 Å². The van der Waals surface area contributed by atoms with Gasteiger partial charge in [0.1, 0.15) is 0 Å². The Bertz CT molecular complexity index is 1150. The number of hydrogen-bond donors (Lipinski definition) is 0. The van der Waals surface area contributed by atoms with Crippen molar-refractivity contribution in [2.75, 3.05) is 7.11 Å². The van der Waals surface area contributed by atoms with Crippen molar-refractivity contribution in [3.05, 3.63) is 70.8 Å². The number of ether oxygens (including phenoxy) is 2. The Morgan fingerprint density at radius 1 is 0.744 bits per heavy atom. The average molecular weight is 555 g/mol. The van der Waals surface area contributed by atoms with Crippen molar-refractivity contribution in [3.8, 4) is 11.5 Å². The second-order valence-electron chi connectivity index (χ2n) is 10.9. The molecular formula is C31H36F6O2. The fourth-order valence-electron chi connectivity index (χ4n) is 6.18. The highest BCUT2D eigenvalue weighted by Gasteiger charge is 2.33. The summed E-state index contributed by atoms with van der Waals surface area (Å²) in [6.07, 6.45) is 6.22. The van der Waals surface area contributed by atoms with Gasteiger partial charge in [0.15, 0.2) is 23.1 Å². The lowest BCUT2D eigenvalue weighted by Crippen LogP contribution is -2.23. The Balaban J connectivity index is 1.34. The van der Waals surface area contributed by atoms with Crippen LogP contribution in [-0.4, -0.2) is 13.2 Å². The van der Waals surface area contributed by atoms with E-state index in [-0.39, 0.29) is 17.8 Å². The second kappa shape index (κ2) is 12.7. The minimum absolute atomic E-state index is 0.0503. The van der Waals surface area contributed by atoms with E-state index in [9.17, 15) is 17.6 Å². The lowest BCUT2D eigenvalue weighted by molar-refractivity contribution is -0.134. The zero-order valence-corrected chi connectivity index (χ0v) is 22.4. The molecule has 214 valence electrons. The topological polar surface area (TPSA) is 18.5 Å². The predicted molar refractivity (Wildman–Crippen MR) is 138 cm³/mol. The molecule has 0 aromatic heterocycles. The van der Waals surface area contributed by atoms with E-state index in [1.54, 1.807) is 12.1 Å². The second-order valence-corrected chi connectivity index (χ2v) is 10.9. The van der Waals surface area contributed by atoms with Crippen molar-refractivity contribution in [1.29, 1.82) is 0 Å². The van der Waals surface area contributed by atoms with E-state index in [0.717, 1.165) is 51.3 Å². The van der Waals surface area contributed by atoms with Crippen LogP contribution in [0.3, 0.4) is 0 Å². The van der Waals surface area contributed by atoms with Gasteiger partial charge in [-0.05, 0) is 98.3 Å². The van der Waals surface area contributed by atoms with E-state index in [1.165, 1.54) is 12.5 Å². The maximum atomic E-state index is 15.1. The van der Waals surface area contributed by atoms with Gasteiger partial charge in [-0.1, -0.05) is 38.0 Å². The summed E-state index contributed by atoms with van der Waals surface area (Å²) in [5.41, 5.74) is 0.822. The Morgan fingerprint density at radius 2 is 1.26 bits per heavy atom. The third-order valence-corrected chi connectivity index (χ3v) is 8.38. The Labute approximate surface area is 226 Å². The van der Waals surface area contributed by atoms with Crippen LogP contribution in [0.1, 0.15) is 94.1 Å². The zero-order valence-electron chi connectivity index (χ0n) is 22.4. The molecule has 0 N–H and O–H groups in total. The molecule has 2 fully saturated rings. The van der Waals surface area contributed by atoms with Gasteiger partial charge in [-0.15, -0.1) is 0 Å². The number of hydrogen-bond acceptors (Lipinski definition) is 2. The van der Waals surface area contributed by atoms with Crippen LogP contribution >= 0.6 is 0 Å². The van der Waals surface area contributed by atoms with Gasteiger partial charge in [0.2, 0.25) is 11.6 Å². The molecule has 2 aliphatic carbocycles. The lowest BCUT2D eigenvalue weighted by atomic mass is 9.75. The minimum atomic E-state index is -3.86. The maximum Gasteiger partial charge on any atom is 0.419 e. The normalized spacial score (nSPS) is 24.2. The van der Waals surface area contributed by atoms with Crippen molar-refractivity contribution in [2.45, 2.75) is 89.1 Å². The molecule has 2 aromatic carbocycles. The van der Waals surface area contributed by atoms with Gasteiger partial charge in [-0.25, -0.2) is 8.78 Å². The van der Waals surface area contributed by atoms with Gasteiger partial charge in [0.25, 0.3) is 0 Å². The summed E-state index contributed by atoms with van der Waals surface area (Å²) in [4.78, 5) is 0. The largest absolute Gasteiger partial charge is 0.494 e. The number of benzene rings is 2. The predicted octanol–water partition coefficient (Wildman–Crippen LogP) is 9.83. The molecule has 0 aliphatic heterocycles. The summed E-state index contributed by atoms with van der Waals surface area (Å²) in [7, 11) is 1.13. The molecule has 0 atom stereocenters. The standard InChI is InChI=1S/C31H36F6O2/c1-3-4-19-5-9-21(10-6-19)23-13-14-24(28(33)27(23)32)22-11-7-20(8-12-22)17-18-31(36,37)39-26-16-15-25(38-2)29(34)30(26)35/h13-22H,3-12H2,1-2H3. The smallest absolute Gasteiger partial charge is 0.419 e. The van der Waals surface area contributed by atoms with Crippen molar-refractivity contribution < 1.29 is 35.8 Å².